The molecular formula is C9H9F2NS. The number of hydrogen-bond acceptors (Lipinski definition) is 2. The van der Waals surface area contributed by atoms with Crippen molar-refractivity contribution in [2.45, 2.75) is 11.8 Å². The highest BCUT2D eigenvalue weighted by atomic mass is 32.2. The van der Waals surface area contributed by atoms with E-state index in [0.29, 0.717) is 11.3 Å². The largest absolute Gasteiger partial charge is 0.323 e. The van der Waals surface area contributed by atoms with E-state index in [1.165, 1.54) is 11.8 Å². The molecule has 1 heterocycles. The van der Waals surface area contributed by atoms with Crippen LogP contribution in [0, 0.1) is 11.6 Å². The fraction of sp³-hybridized carbons (Fsp3) is 0.333. The highest BCUT2D eigenvalue weighted by Gasteiger charge is 2.21. The smallest absolute Gasteiger partial charge is 0.163 e. The van der Waals surface area contributed by atoms with Crippen LogP contribution in [0.5, 0.6) is 0 Å². The topological polar surface area (TPSA) is 26.0 Å². The second-order valence-corrected chi connectivity index (χ2v) is 4.08. The van der Waals surface area contributed by atoms with Crippen molar-refractivity contribution in [2.75, 3.05) is 5.75 Å². The van der Waals surface area contributed by atoms with Crippen molar-refractivity contribution in [1.82, 2.24) is 0 Å². The first kappa shape index (κ1) is 8.97. The Balaban J connectivity index is 2.56. The van der Waals surface area contributed by atoms with Crippen LogP contribution in [0.25, 0.3) is 0 Å². The Morgan fingerprint density at radius 1 is 1.38 bits per heavy atom. The number of halogens is 2. The zero-order valence-corrected chi connectivity index (χ0v) is 7.70. The monoisotopic (exact) mass is 201 g/mol. The number of nitrogens with two attached hydrogens (primary N) is 1. The van der Waals surface area contributed by atoms with Crippen LogP contribution in [0.2, 0.25) is 0 Å². The van der Waals surface area contributed by atoms with Crippen molar-refractivity contribution in [2.24, 2.45) is 5.73 Å². The molecule has 1 nitrogen and oxygen atoms in total. The molecule has 0 saturated heterocycles. The fourth-order valence-corrected chi connectivity index (χ4v) is 2.53. The molecule has 4 heteroatoms. The summed E-state index contributed by atoms with van der Waals surface area (Å²) in [5, 5.41) is 0. The predicted molar refractivity (Wildman–Crippen MR) is 49.4 cm³/mol. The number of benzene rings is 1. The highest BCUT2D eigenvalue weighted by molar-refractivity contribution is 7.98. The SMILES string of the molecule is NC1CSCc2c1ccc(F)c2F. The van der Waals surface area contributed by atoms with Gasteiger partial charge in [0.25, 0.3) is 0 Å². The average molecular weight is 201 g/mol. The van der Waals surface area contributed by atoms with Crippen molar-refractivity contribution >= 4 is 11.8 Å². The first-order chi connectivity index (χ1) is 6.20. The molecule has 0 amide bonds. The summed E-state index contributed by atoms with van der Waals surface area (Å²) in [5.74, 6) is -0.223. The maximum absolute atomic E-state index is 13.2. The molecule has 2 N–H and O–H groups in total. The summed E-state index contributed by atoms with van der Waals surface area (Å²) in [7, 11) is 0. The van der Waals surface area contributed by atoms with Crippen LogP contribution in [0.15, 0.2) is 12.1 Å². The summed E-state index contributed by atoms with van der Waals surface area (Å²) in [4.78, 5) is 0. The summed E-state index contributed by atoms with van der Waals surface area (Å²) in [5.41, 5.74) is 6.94. The lowest BCUT2D eigenvalue weighted by molar-refractivity contribution is 0.498. The van der Waals surface area contributed by atoms with Gasteiger partial charge < -0.3 is 5.73 Å². The minimum absolute atomic E-state index is 0.163. The van der Waals surface area contributed by atoms with Gasteiger partial charge in [0.05, 0.1) is 0 Å². The van der Waals surface area contributed by atoms with Gasteiger partial charge in [0.2, 0.25) is 0 Å². The molecule has 0 fully saturated rings. The molecule has 0 spiro atoms. The van der Waals surface area contributed by atoms with Gasteiger partial charge in [0, 0.05) is 23.1 Å². The van der Waals surface area contributed by atoms with E-state index in [0.717, 1.165) is 17.4 Å². The molecule has 2 rings (SSSR count). The Labute approximate surface area is 79.3 Å². The number of hydrogen-bond donors (Lipinski definition) is 1. The lowest BCUT2D eigenvalue weighted by Gasteiger charge is -2.22. The summed E-state index contributed by atoms with van der Waals surface area (Å²) < 4.78 is 26.0. The van der Waals surface area contributed by atoms with Crippen molar-refractivity contribution in [3.8, 4) is 0 Å². The van der Waals surface area contributed by atoms with E-state index in [1.807, 2.05) is 0 Å². The van der Waals surface area contributed by atoms with E-state index in [9.17, 15) is 8.78 Å². The van der Waals surface area contributed by atoms with Crippen molar-refractivity contribution in [1.29, 1.82) is 0 Å². The van der Waals surface area contributed by atoms with Crippen molar-refractivity contribution < 1.29 is 8.78 Å². The van der Waals surface area contributed by atoms with Crippen molar-refractivity contribution in [3.63, 3.8) is 0 Å². The summed E-state index contributed by atoms with van der Waals surface area (Å²) in [6, 6.07) is 2.56. The summed E-state index contributed by atoms with van der Waals surface area (Å²) >= 11 is 1.54. The van der Waals surface area contributed by atoms with Gasteiger partial charge in [0.15, 0.2) is 11.6 Å². The van der Waals surface area contributed by atoms with E-state index in [2.05, 4.69) is 0 Å². The quantitative estimate of drug-likeness (QED) is 0.696. The fourth-order valence-electron chi connectivity index (χ4n) is 1.48. The van der Waals surface area contributed by atoms with Gasteiger partial charge >= 0.3 is 0 Å². The van der Waals surface area contributed by atoms with Crippen LogP contribution in [0.1, 0.15) is 17.2 Å². The van der Waals surface area contributed by atoms with Crippen LogP contribution >= 0.6 is 11.8 Å². The first-order valence-corrected chi connectivity index (χ1v) is 5.15. The van der Waals surface area contributed by atoms with Gasteiger partial charge in [-0.2, -0.15) is 11.8 Å². The Morgan fingerprint density at radius 2 is 2.15 bits per heavy atom. The third-order valence-electron chi connectivity index (χ3n) is 2.18. The van der Waals surface area contributed by atoms with Gasteiger partial charge in [-0.1, -0.05) is 6.07 Å². The molecule has 0 saturated carbocycles. The molecule has 0 bridgehead atoms. The molecule has 1 aromatic rings. The Hall–Kier alpha value is -0.610. The van der Waals surface area contributed by atoms with E-state index >= 15 is 0 Å². The van der Waals surface area contributed by atoms with E-state index < -0.39 is 11.6 Å². The minimum Gasteiger partial charge on any atom is -0.323 e. The third kappa shape index (κ3) is 1.44. The lowest BCUT2D eigenvalue weighted by atomic mass is 10.0. The van der Waals surface area contributed by atoms with Gasteiger partial charge in [0.1, 0.15) is 0 Å². The maximum Gasteiger partial charge on any atom is 0.163 e. The van der Waals surface area contributed by atoms with Crippen molar-refractivity contribution in [3.05, 3.63) is 34.9 Å². The molecule has 1 aliphatic heterocycles. The van der Waals surface area contributed by atoms with E-state index in [1.54, 1.807) is 6.07 Å². The Kier molecular flexibility index (Phi) is 2.26. The molecule has 13 heavy (non-hydrogen) atoms. The first-order valence-electron chi connectivity index (χ1n) is 4.00. The van der Waals surface area contributed by atoms with Gasteiger partial charge in [-0.3, -0.25) is 0 Å². The standard InChI is InChI=1S/C9H9F2NS/c10-7-2-1-5-6(9(7)11)3-13-4-8(5)12/h1-2,8H,3-4,12H2. The van der Waals surface area contributed by atoms with Gasteiger partial charge in [-0.25, -0.2) is 8.78 Å². The molecule has 1 unspecified atom stereocenters. The molecule has 0 aromatic heterocycles. The van der Waals surface area contributed by atoms with Gasteiger partial charge in [-0.05, 0) is 11.6 Å². The Morgan fingerprint density at radius 3 is 2.92 bits per heavy atom. The normalized spacial score (nSPS) is 21.3. The molecule has 1 aromatic carbocycles. The van der Waals surface area contributed by atoms with Crippen LogP contribution in [-0.4, -0.2) is 5.75 Å². The van der Waals surface area contributed by atoms with E-state index in [4.69, 9.17) is 5.73 Å². The second-order valence-electron chi connectivity index (χ2n) is 3.05. The van der Waals surface area contributed by atoms with Crippen LogP contribution < -0.4 is 5.73 Å². The predicted octanol–water partition coefficient (Wildman–Crippen LogP) is 2.21. The number of rotatable bonds is 0. The van der Waals surface area contributed by atoms with Crippen LogP contribution in [-0.2, 0) is 5.75 Å². The highest BCUT2D eigenvalue weighted by Crippen LogP contribution is 2.32. The molecule has 70 valence electrons. The number of thioether (sulfide) groups is 1. The zero-order chi connectivity index (χ0) is 9.42. The zero-order valence-electron chi connectivity index (χ0n) is 6.89. The molecule has 1 aliphatic rings. The van der Waals surface area contributed by atoms with Crippen LogP contribution in [0.3, 0.4) is 0 Å². The lowest BCUT2D eigenvalue weighted by Crippen LogP contribution is -2.20. The number of fused-ring (bicyclic) bond motifs is 1. The summed E-state index contributed by atoms with van der Waals surface area (Å²) in [6.45, 7) is 0. The second kappa shape index (κ2) is 3.27. The molecule has 1 atom stereocenters. The third-order valence-corrected chi connectivity index (χ3v) is 3.26. The van der Waals surface area contributed by atoms with E-state index in [-0.39, 0.29) is 6.04 Å². The maximum atomic E-state index is 13.2. The summed E-state index contributed by atoms with van der Waals surface area (Å²) in [6.07, 6.45) is 0. The molecule has 0 radical (unpaired) electrons. The average Bonchev–Trinajstić information content (AvgIpc) is 2.12. The minimum atomic E-state index is -0.784. The molecule has 0 aliphatic carbocycles. The van der Waals surface area contributed by atoms with Gasteiger partial charge in [-0.15, -0.1) is 0 Å². The molecular weight excluding hydrogens is 192 g/mol. The Bertz CT molecular complexity index is 341. The van der Waals surface area contributed by atoms with Crippen LogP contribution in [0.4, 0.5) is 8.78 Å².